The SMILES string of the molecule is O=C(O)c1cnc2sc3cc(Oc4ccccc4CCl)ccc3n12. The molecule has 0 amide bonds. The maximum Gasteiger partial charge on any atom is 0.354 e. The maximum absolute atomic E-state index is 11.3. The fourth-order valence-corrected chi connectivity index (χ4v) is 3.80. The number of imidazole rings is 1. The van der Waals surface area contributed by atoms with Gasteiger partial charge in [-0.2, -0.15) is 0 Å². The first-order chi connectivity index (χ1) is 11.7. The Hall–Kier alpha value is -2.57. The number of carboxylic acids is 1. The van der Waals surface area contributed by atoms with Crippen LogP contribution in [0.2, 0.25) is 0 Å². The molecule has 4 aromatic rings. The lowest BCUT2D eigenvalue weighted by Crippen LogP contribution is -2.00. The predicted octanol–water partition coefficient (Wildman–Crippen LogP) is 4.78. The molecule has 0 bridgehead atoms. The monoisotopic (exact) mass is 358 g/mol. The molecule has 2 aromatic heterocycles. The van der Waals surface area contributed by atoms with Crippen LogP contribution >= 0.6 is 22.9 Å². The summed E-state index contributed by atoms with van der Waals surface area (Å²) in [7, 11) is 0. The third-order valence-corrected chi connectivity index (χ3v) is 4.97. The summed E-state index contributed by atoms with van der Waals surface area (Å²) in [6, 6.07) is 13.1. The number of nitrogens with zero attached hydrogens (tertiary/aromatic N) is 2. The number of para-hydroxylation sites is 1. The van der Waals surface area contributed by atoms with Crippen molar-refractivity contribution in [2.75, 3.05) is 0 Å². The van der Waals surface area contributed by atoms with E-state index in [2.05, 4.69) is 4.98 Å². The van der Waals surface area contributed by atoms with Crippen LogP contribution < -0.4 is 4.74 Å². The Morgan fingerprint density at radius 2 is 2.12 bits per heavy atom. The second kappa shape index (κ2) is 5.81. The number of benzene rings is 2. The van der Waals surface area contributed by atoms with Gasteiger partial charge in [0.15, 0.2) is 10.7 Å². The first-order valence-corrected chi connectivity index (χ1v) is 8.47. The standard InChI is InChI=1S/C17H11ClN2O3S/c18-8-10-3-1-2-4-14(10)23-11-5-6-12-15(7-11)24-17-19-9-13(16(21)22)20(12)17/h1-7,9H,8H2,(H,21,22). The highest BCUT2D eigenvalue weighted by molar-refractivity contribution is 7.23. The molecule has 24 heavy (non-hydrogen) atoms. The second-order valence-corrected chi connectivity index (χ2v) is 6.42. The number of carbonyl (C=O) groups is 1. The van der Waals surface area contributed by atoms with Gasteiger partial charge in [-0.15, -0.1) is 11.6 Å². The molecule has 0 radical (unpaired) electrons. The van der Waals surface area contributed by atoms with Crippen LogP contribution in [-0.2, 0) is 5.88 Å². The van der Waals surface area contributed by atoms with Gasteiger partial charge in [-0.25, -0.2) is 9.78 Å². The third kappa shape index (κ3) is 2.40. The van der Waals surface area contributed by atoms with Crippen LogP contribution in [0.15, 0.2) is 48.7 Å². The summed E-state index contributed by atoms with van der Waals surface area (Å²) < 4.78 is 8.48. The molecular formula is C17H11ClN2O3S. The summed E-state index contributed by atoms with van der Waals surface area (Å²) in [4.78, 5) is 16.1. The number of aromatic carboxylic acids is 1. The van der Waals surface area contributed by atoms with E-state index >= 15 is 0 Å². The zero-order valence-corrected chi connectivity index (χ0v) is 13.8. The predicted molar refractivity (Wildman–Crippen MR) is 93.6 cm³/mol. The van der Waals surface area contributed by atoms with Crippen molar-refractivity contribution >= 4 is 44.1 Å². The van der Waals surface area contributed by atoms with Gasteiger partial charge < -0.3 is 9.84 Å². The number of rotatable bonds is 4. The molecule has 120 valence electrons. The van der Waals surface area contributed by atoms with Crippen molar-refractivity contribution in [2.45, 2.75) is 5.88 Å². The van der Waals surface area contributed by atoms with E-state index in [1.54, 1.807) is 4.40 Å². The summed E-state index contributed by atoms with van der Waals surface area (Å²) in [6.45, 7) is 0. The molecule has 0 atom stereocenters. The molecule has 0 fully saturated rings. The van der Waals surface area contributed by atoms with Gasteiger partial charge in [0.25, 0.3) is 0 Å². The van der Waals surface area contributed by atoms with Crippen molar-refractivity contribution in [3.63, 3.8) is 0 Å². The number of hydrogen-bond acceptors (Lipinski definition) is 4. The number of hydrogen-bond donors (Lipinski definition) is 1. The number of fused-ring (bicyclic) bond motifs is 3. The molecule has 0 saturated heterocycles. The average Bonchev–Trinajstić information content (AvgIpc) is 3.13. The topological polar surface area (TPSA) is 63.8 Å². The molecule has 7 heteroatoms. The molecule has 0 spiro atoms. The highest BCUT2D eigenvalue weighted by Gasteiger charge is 2.16. The van der Waals surface area contributed by atoms with Gasteiger partial charge in [0.05, 0.1) is 22.3 Å². The molecule has 1 N–H and O–H groups in total. The van der Waals surface area contributed by atoms with Crippen molar-refractivity contribution in [2.24, 2.45) is 0 Å². The van der Waals surface area contributed by atoms with Gasteiger partial charge in [-0.3, -0.25) is 4.40 Å². The highest BCUT2D eigenvalue weighted by Crippen LogP contribution is 2.33. The van der Waals surface area contributed by atoms with Crippen molar-refractivity contribution < 1.29 is 14.6 Å². The minimum atomic E-state index is -1.00. The zero-order chi connectivity index (χ0) is 16.7. The highest BCUT2D eigenvalue weighted by atomic mass is 35.5. The van der Waals surface area contributed by atoms with Crippen LogP contribution in [-0.4, -0.2) is 20.5 Å². The van der Waals surface area contributed by atoms with Crippen LogP contribution in [0.5, 0.6) is 11.5 Å². The van der Waals surface area contributed by atoms with Gasteiger partial charge in [-0.1, -0.05) is 29.5 Å². The number of halogens is 1. The number of aromatic nitrogens is 2. The van der Waals surface area contributed by atoms with Crippen molar-refractivity contribution in [3.05, 3.63) is 59.9 Å². The van der Waals surface area contributed by atoms with Gasteiger partial charge in [0, 0.05) is 11.6 Å². The molecule has 2 heterocycles. The molecular weight excluding hydrogens is 348 g/mol. The largest absolute Gasteiger partial charge is 0.477 e. The van der Waals surface area contributed by atoms with Gasteiger partial charge in [0.1, 0.15) is 11.5 Å². The number of carboxylic acid groups (broad SMARTS) is 1. The first kappa shape index (κ1) is 15.0. The van der Waals surface area contributed by atoms with E-state index in [0.717, 1.165) is 15.8 Å². The van der Waals surface area contributed by atoms with Gasteiger partial charge in [-0.05, 0) is 18.2 Å². The Labute approximate surface area is 145 Å². The number of ether oxygens (including phenoxy) is 1. The molecule has 5 nitrogen and oxygen atoms in total. The van der Waals surface area contributed by atoms with E-state index in [9.17, 15) is 9.90 Å². The van der Waals surface area contributed by atoms with E-state index in [0.29, 0.717) is 22.3 Å². The van der Waals surface area contributed by atoms with Crippen LogP contribution in [0.1, 0.15) is 16.1 Å². The Morgan fingerprint density at radius 3 is 2.92 bits per heavy atom. The lowest BCUT2D eigenvalue weighted by atomic mass is 10.2. The average molecular weight is 359 g/mol. The zero-order valence-electron chi connectivity index (χ0n) is 12.3. The van der Waals surface area contributed by atoms with Crippen LogP contribution in [0.3, 0.4) is 0 Å². The van der Waals surface area contributed by atoms with E-state index in [1.165, 1.54) is 17.5 Å². The summed E-state index contributed by atoms with van der Waals surface area (Å²) in [5.74, 6) is 0.743. The fraction of sp³-hybridized carbons (Fsp3) is 0.0588. The molecule has 2 aromatic carbocycles. The molecule has 0 aliphatic rings. The molecule has 4 rings (SSSR count). The third-order valence-electron chi connectivity index (χ3n) is 3.67. The Balaban J connectivity index is 1.79. The van der Waals surface area contributed by atoms with Crippen LogP contribution in [0.25, 0.3) is 15.2 Å². The van der Waals surface area contributed by atoms with Crippen LogP contribution in [0, 0.1) is 0 Å². The molecule has 0 aliphatic heterocycles. The maximum atomic E-state index is 11.3. The van der Waals surface area contributed by atoms with Crippen molar-refractivity contribution in [3.8, 4) is 11.5 Å². The van der Waals surface area contributed by atoms with E-state index < -0.39 is 5.97 Å². The fourth-order valence-electron chi connectivity index (χ4n) is 2.55. The molecule has 0 unspecified atom stereocenters. The summed E-state index contributed by atoms with van der Waals surface area (Å²) in [5, 5.41) is 9.26. The van der Waals surface area contributed by atoms with Crippen LogP contribution in [0.4, 0.5) is 0 Å². The Morgan fingerprint density at radius 1 is 1.29 bits per heavy atom. The van der Waals surface area contributed by atoms with Crippen molar-refractivity contribution in [1.82, 2.24) is 9.38 Å². The quantitative estimate of drug-likeness (QED) is 0.533. The summed E-state index contributed by atoms with van der Waals surface area (Å²) in [5.41, 5.74) is 1.86. The molecule has 0 saturated carbocycles. The lowest BCUT2D eigenvalue weighted by molar-refractivity contribution is 0.0690. The van der Waals surface area contributed by atoms with Gasteiger partial charge >= 0.3 is 5.97 Å². The van der Waals surface area contributed by atoms with E-state index in [4.69, 9.17) is 16.3 Å². The molecule has 0 aliphatic carbocycles. The normalized spacial score (nSPS) is 11.2. The van der Waals surface area contributed by atoms with Crippen molar-refractivity contribution in [1.29, 1.82) is 0 Å². The Kier molecular flexibility index (Phi) is 3.63. The first-order valence-electron chi connectivity index (χ1n) is 7.12. The second-order valence-electron chi connectivity index (χ2n) is 5.14. The lowest BCUT2D eigenvalue weighted by Gasteiger charge is -2.09. The Bertz CT molecular complexity index is 1070. The minimum absolute atomic E-state index is 0.150. The number of alkyl halides is 1. The van der Waals surface area contributed by atoms with E-state index in [1.807, 2.05) is 42.5 Å². The summed E-state index contributed by atoms with van der Waals surface area (Å²) in [6.07, 6.45) is 1.37. The smallest absolute Gasteiger partial charge is 0.354 e. The van der Waals surface area contributed by atoms with E-state index in [-0.39, 0.29) is 5.69 Å². The number of thiazole rings is 1. The summed E-state index contributed by atoms with van der Waals surface area (Å²) >= 11 is 7.35. The van der Waals surface area contributed by atoms with Gasteiger partial charge in [0.2, 0.25) is 0 Å². The minimum Gasteiger partial charge on any atom is -0.477 e.